The van der Waals surface area contributed by atoms with Crippen LogP contribution in [0, 0.1) is 5.92 Å². The van der Waals surface area contributed by atoms with Crippen LogP contribution >= 0.6 is 15.9 Å². The number of carbonyl (C=O) groups excluding carboxylic acids is 1. The smallest absolute Gasteiger partial charge is 0.166 e. The average molecular weight is 355 g/mol. The van der Waals surface area contributed by atoms with Gasteiger partial charge in [-0.2, -0.15) is 0 Å². The van der Waals surface area contributed by atoms with Gasteiger partial charge in [-0.3, -0.25) is 4.79 Å². The first-order valence-corrected chi connectivity index (χ1v) is 8.33. The Morgan fingerprint density at radius 1 is 1.29 bits per heavy atom. The molecule has 1 aliphatic rings. The second-order valence-corrected chi connectivity index (χ2v) is 6.52. The van der Waals surface area contributed by atoms with E-state index in [1.54, 1.807) is 14.2 Å². The van der Waals surface area contributed by atoms with Crippen LogP contribution in [0.15, 0.2) is 22.7 Å². The lowest BCUT2D eigenvalue weighted by molar-refractivity contribution is -0.132. The van der Waals surface area contributed by atoms with E-state index in [-0.39, 0.29) is 11.9 Å². The number of Topliss-reactive ketones (excluding diaryl/α,β-unsaturated/α-hetero) is 1. The van der Waals surface area contributed by atoms with Gasteiger partial charge in [0.15, 0.2) is 5.78 Å². The van der Waals surface area contributed by atoms with E-state index in [1.807, 2.05) is 18.2 Å². The summed E-state index contributed by atoms with van der Waals surface area (Å²) in [5.74, 6) is 1.35. The molecule has 4 heteroatoms. The second-order valence-electron chi connectivity index (χ2n) is 5.67. The van der Waals surface area contributed by atoms with Gasteiger partial charge in [-0.1, -0.05) is 25.3 Å². The Kier molecular flexibility index (Phi) is 6.24. The Labute approximate surface area is 135 Å². The second kappa shape index (κ2) is 7.95. The summed E-state index contributed by atoms with van der Waals surface area (Å²) < 4.78 is 11.6. The van der Waals surface area contributed by atoms with E-state index in [0.717, 1.165) is 28.6 Å². The molecule has 1 aromatic carbocycles. The molecule has 0 radical (unpaired) electrons. The van der Waals surface area contributed by atoms with Crippen LogP contribution in [-0.4, -0.2) is 26.1 Å². The fourth-order valence-electron chi connectivity index (χ4n) is 3.15. The van der Waals surface area contributed by atoms with E-state index < -0.39 is 0 Å². The summed E-state index contributed by atoms with van der Waals surface area (Å²) in [7, 11) is 3.29. The minimum atomic E-state index is -0.258. The molecule has 2 rings (SSSR count). The number of rotatable bonds is 6. The van der Waals surface area contributed by atoms with Crippen LogP contribution in [0.5, 0.6) is 5.75 Å². The number of carbonyl (C=O) groups is 1. The fourth-order valence-corrected chi connectivity index (χ4v) is 3.73. The van der Waals surface area contributed by atoms with Gasteiger partial charge in [0, 0.05) is 13.5 Å². The molecule has 1 aromatic rings. The zero-order valence-corrected chi connectivity index (χ0v) is 14.3. The van der Waals surface area contributed by atoms with Gasteiger partial charge in [-0.05, 0) is 52.4 Å². The number of halogens is 1. The molecule has 0 aliphatic heterocycles. The minimum absolute atomic E-state index is 0.182. The monoisotopic (exact) mass is 354 g/mol. The highest BCUT2D eigenvalue weighted by Gasteiger charge is 2.29. The summed E-state index contributed by atoms with van der Waals surface area (Å²) in [4.78, 5) is 12.5. The zero-order valence-electron chi connectivity index (χ0n) is 12.7. The lowest BCUT2D eigenvalue weighted by atomic mass is 9.82. The van der Waals surface area contributed by atoms with Crippen molar-refractivity contribution >= 4 is 21.7 Å². The molecule has 0 spiro atoms. The van der Waals surface area contributed by atoms with Gasteiger partial charge < -0.3 is 9.47 Å². The molecule has 0 amide bonds. The first kappa shape index (κ1) is 16.5. The topological polar surface area (TPSA) is 35.5 Å². The average Bonchev–Trinajstić information content (AvgIpc) is 2.49. The number of ether oxygens (including phenoxy) is 2. The molecule has 116 valence electrons. The third-order valence-corrected chi connectivity index (χ3v) is 4.86. The molecule has 0 saturated heterocycles. The Morgan fingerprint density at radius 3 is 2.57 bits per heavy atom. The maximum absolute atomic E-state index is 12.5. The molecule has 1 aliphatic carbocycles. The first-order chi connectivity index (χ1) is 10.2. The number of methoxy groups -OCH3 is 2. The van der Waals surface area contributed by atoms with Gasteiger partial charge in [-0.25, -0.2) is 0 Å². The maximum atomic E-state index is 12.5. The van der Waals surface area contributed by atoms with Crippen molar-refractivity contribution in [3.8, 4) is 5.75 Å². The lowest BCUT2D eigenvalue weighted by Gasteiger charge is -2.28. The fraction of sp³-hybridized carbons (Fsp3) is 0.588. The molecule has 0 heterocycles. The molecule has 1 atom stereocenters. The Bertz CT molecular complexity index is 481. The first-order valence-electron chi connectivity index (χ1n) is 7.53. The van der Waals surface area contributed by atoms with E-state index in [2.05, 4.69) is 15.9 Å². The highest BCUT2D eigenvalue weighted by molar-refractivity contribution is 9.10. The molecular weight excluding hydrogens is 332 g/mol. The summed E-state index contributed by atoms with van der Waals surface area (Å²) in [6, 6.07) is 5.77. The molecule has 0 aromatic heterocycles. The van der Waals surface area contributed by atoms with Crippen molar-refractivity contribution < 1.29 is 14.3 Å². The van der Waals surface area contributed by atoms with Crippen molar-refractivity contribution in [1.82, 2.24) is 0 Å². The quantitative estimate of drug-likeness (QED) is 0.769. The normalized spacial score (nSPS) is 17.5. The van der Waals surface area contributed by atoms with Gasteiger partial charge in [0.2, 0.25) is 0 Å². The predicted molar refractivity (Wildman–Crippen MR) is 86.8 cm³/mol. The number of hydrogen-bond donors (Lipinski definition) is 0. The van der Waals surface area contributed by atoms with Crippen LogP contribution in [0.25, 0.3) is 0 Å². The summed E-state index contributed by atoms with van der Waals surface area (Å²) in [6.45, 7) is 0. The van der Waals surface area contributed by atoms with E-state index >= 15 is 0 Å². The Balaban J connectivity index is 2.03. The van der Waals surface area contributed by atoms with Crippen molar-refractivity contribution in [2.45, 2.75) is 44.6 Å². The van der Waals surface area contributed by atoms with Gasteiger partial charge >= 0.3 is 0 Å². The van der Waals surface area contributed by atoms with Crippen LogP contribution in [0.3, 0.4) is 0 Å². The molecule has 1 fully saturated rings. The Hall–Kier alpha value is -0.870. The van der Waals surface area contributed by atoms with Crippen LogP contribution in [0.4, 0.5) is 0 Å². The molecule has 0 bridgehead atoms. The number of ketones is 1. The minimum Gasteiger partial charge on any atom is -0.496 e. The lowest BCUT2D eigenvalue weighted by Crippen LogP contribution is -2.34. The van der Waals surface area contributed by atoms with E-state index in [4.69, 9.17) is 9.47 Å². The van der Waals surface area contributed by atoms with Crippen molar-refractivity contribution in [3.05, 3.63) is 28.2 Å². The zero-order chi connectivity index (χ0) is 15.2. The molecular formula is C17H23BrO3. The van der Waals surface area contributed by atoms with Gasteiger partial charge in [0.05, 0.1) is 11.6 Å². The largest absolute Gasteiger partial charge is 0.496 e. The Morgan fingerprint density at radius 2 is 2.00 bits per heavy atom. The highest BCUT2D eigenvalue weighted by Crippen LogP contribution is 2.30. The van der Waals surface area contributed by atoms with Gasteiger partial charge in [0.25, 0.3) is 0 Å². The molecule has 1 saturated carbocycles. The standard InChI is InChI=1S/C17H23BrO3/c1-20-16-9-8-12(10-14(16)18)11-15(19)17(21-2)13-6-4-3-5-7-13/h8-10,13,17H,3-7,11H2,1-2H3. The van der Waals surface area contributed by atoms with E-state index in [9.17, 15) is 4.79 Å². The van der Waals surface area contributed by atoms with Crippen molar-refractivity contribution in [2.75, 3.05) is 14.2 Å². The SMILES string of the molecule is COc1ccc(CC(=O)C(OC)C2CCCCC2)cc1Br. The van der Waals surface area contributed by atoms with Gasteiger partial charge in [0.1, 0.15) is 11.9 Å². The summed E-state index contributed by atoms with van der Waals surface area (Å²) in [6.07, 6.45) is 6.08. The van der Waals surface area contributed by atoms with Crippen molar-refractivity contribution in [2.24, 2.45) is 5.92 Å². The molecule has 3 nitrogen and oxygen atoms in total. The third-order valence-electron chi connectivity index (χ3n) is 4.24. The van der Waals surface area contributed by atoms with Crippen molar-refractivity contribution in [1.29, 1.82) is 0 Å². The predicted octanol–water partition coefficient (Wildman–Crippen LogP) is 4.16. The third kappa shape index (κ3) is 4.30. The van der Waals surface area contributed by atoms with E-state index in [0.29, 0.717) is 12.3 Å². The molecule has 21 heavy (non-hydrogen) atoms. The molecule has 1 unspecified atom stereocenters. The highest BCUT2D eigenvalue weighted by atomic mass is 79.9. The summed E-state index contributed by atoms with van der Waals surface area (Å²) in [5.41, 5.74) is 0.991. The maximum Gasteiger partial charge on any atom is 0.166 e. The van der Waals surface area contributed by atoms with Crippen LogP contribution in [0.2, 0.25) is 0 Å². The van der Waals surface area contributed by atoms with Crippen molar-refractivity contribution in [3.63, 3.8) is 0 Å². The molecule has 0 N–H and O–H groups in total. The number of benzene rings is 1. The van der Waals surface area contributed by atoms with Crippen LogP contribution < -0.4 is 4.74 Å². The number of hydrogen-bond acceptors (Lipinski definition) is 3. The van der Waals surface area contributed by atoms with E-state index in [1.165, 1.54) is 19.3 Å². The summed E-state index contributed by atoms with van der Waals surface area (Å²) >= 11 is 3.46. The summed E-state index contributed by atoms with van der Waals surface area (Å²) in [5, 5.41) is 0. The van der Waals surface area contributed by atoms with Crippen LogP contribution in [0.1, 0.15) is 37.7 Å². The van der Waals surface area contributed by atoms with Crippen LogP contribution in [-0.2, 0) is 16.0 Å². The van der Waals surface area contributed by atoms with Gasteiger partial charge in [-0.15, -0.1) is 0 Å².